The predicted octanol–water partition coefficient (Wildman–Crippen LogP) is 1.98. The molecule has 3 N–H and O–H groups in total. The van der Waals surface area contributed by atoms with Gasteiger partial charge in [-0.3, -0.25) is 4.79 Å². The van der Waals surface area contributed by atoms with Crippen LogP contribution in [-0.2, 0) is 16.0 Å². The highest BCUT2D eigenvalue weighted by Crippen LogP contribution is 2.22. The molecule has 7 nitrogen and oxygen atoms in total. The van der Waals surface area contributed by atoms with Gasteiger partial charge in [0.05, 0.1) is 5.54 Å². The Bertz CT molecular complexity index is 720. The summed E-state index contributed by atoms with van der Waals surface area (Å²) in [5.41, 5.74) is 7.42. The quantitative estimate of drug-likeness (QED) is 0.860. The van der Waals surface area contributed by atoms with Gasteiger partial charge >= 0.3 is 0 Å². The van der Waals surface area contributed by atoms with Gasteiger partial charge in [-0.2, -0.15) is 4.98 Å². The molecular weight excluding hydrogens is 320 g/mol. The Kier molecular flexibility index (Phi) is 5.15. The Labute approximate surface area is 146 Å². The number of ether oxygens (including phenoxy) is 1. The number of carbonyl (C=O) groups excluding carboxylic acids is 1. The molecule has 1 aromatic carbocycles. The van der Waals surface area contributed by atoms with E-state index < -0.39 is 11.6 Å². The third kappa shape index (κ3) is 3.88. The van der Waals surface area contributed by atoms with Gasteiger partial charge < -0.3 is 20.3 Å². The van der Waals surface area contributed by atoms with Crippen LogP contribution < -0.4 is 11.1 Å². The number of hydrogen-bond acceptors (Lipinski definition) is 6. The molecule has 1 aliphatic heterocycles. The van der Waals surface area contributed by atoms with Gasteiger partial charge in [0.1, 0.15) is 6.04 Å². The smallest absolute Gasteiger partial charge is 0.249 e. The van der Waals surface area contributed by atoms with Crippen molar-refractivity contribution in [2.75, 3.05) is 13.2 Å². The van der Waals surface area contributed by atoms with Crippen molar-refractivity contribution in [1.29, 1.82) is 0 Å². The number of carbonyl (C=O) groups is 1. The minimum atomic E-state index is -0.897. The summed E-state index contributed by atoms with van der Waals surface area (Å²) in [6.07, 6.45) is 1.99. The molecule has 1 fully saturated rings. The van der Waals surface area contributed by atoms with Crippen LogP contribution in [0.5, 0.6) is 0 Å². The molecule has 1 amide bonds. The van der Waals surface area contributed by atoms with Crippen molar-refractivity contribution in [1.82, 2.24) is 15.5 Å². The number of amides is 1. The topological polar surface area (TPSA) is 103 Å². The Morgan fingerprint density at radius 3 is 2.64 bits per heavy atom. The molecule has 2 aromatic rings. The van der Waals surface area contributed by atoms with E-state index in [1.165, 1.54) is 5.56 Å². The summed E-state index contributed by atoms with van der Waals surface area (Å²) < 4.78 is 10.6. The van der Waals surface area contributed by atoms with Crippen LogP contribution in [0.1, 0.15) is 44.2 Å². The number of aromatic nitrogens is 2. The number of rotatable bonds is 5. The number of nitrogens with zero attached hydrogens (tertiary/aromatic N) is 2. The molecule has 2 heterocycles. The van der Waals surface area contributed by atoms with E-state index in [9.17, 15) is 4.79 Å². The second-order valence-electron chi connectivity index (χ2n) is 6.47. The maximum absolute atomic E-state index is 12.5. The fourth-order valence-electron chi connectivity index (χ4n) is 2.78. The normalized spacial score (nSPS) is 17.9. The largest absolute Gasteiger partial charge is 0.381 e. The molecule has 3 rings (SSSR count). The zero-order chi connectivity index (χ0) is 17.9. The van der Waals surface area contributed by atoms with Crippen molar-refractivity contribution in [3.05, 3.63) is 35.7 Å². The fraction of sp³-hybridized carbons (Fsp3) is 0.500. The maximum atomic E-state index is 12.5. The van der Waals surface area contributed by atoms with E-state index in [0.29, 0.717) is 37.8 Å². The predicted molar refractivity (Wildman–Crippen MR) is 92.6 cm³/mol. The highest BCUT2D eigenvalue weighted by Gasteiger charge is 2.37. The zero-order valence-corrected chi connectivity index (χ0v) is 14.6. The first-order valence-electron chi connectivity index (χ1n) is 8.62. The summed E-state index contributed by atoms with van der Waals surface area (Å²) in [6.45, 7) is 4.90. The lowest BCUT2D eigenvalue weighted by atomic mass is 9.90. The average molecular weight is 344 g/mol. The Morgan fingerprint density at radius 2 is 2.00 bits per heavy atom. The van der Waals surface area contributed by atoms with E-state index in [-0.39, 0.29) is 5.91 Å². The van der Waals surface area contributed by atoms with Crippen LogP contribution in [0.3, 0.4) is 0 Å². The molecule has 134 valence electrons. The molecule has 0 aliphatic carbocycles. The van der Waals surface area contributed by atoms with Crippen LogP contribution in [0, 0.1) is 0 Å². The highest BCUT2D eigenvalue weighted by molar-refractivity contribution is 5.86. The number of benzene rings is 1. The van der Waals surface area contributed by atoms with E-state index in [2.05, 4.69) is 22.4 Å². The Balaban J connectivity index is 1.67. The third-order valence-electron chi connectivity index (χ3n) is 4.62. The van der Waals surface area contributed by atoms with E-state index >= 15 is 0 Å². The van der Waals surface area contributed by atoms with E-state index in [1.807, 2.05) is 24.3 Å². The summed E-state index contributed by atoms with van der Waals surface area (Å²) in [6, 6.07) is 7.60. The summed E-state index contributed by atoms with van der Waals surface area (Å²) >= 11 is 0. The maximum Gasteiger partial charge on any atom is 0.249 e. The molecular formula is C18H24N4O3. The lowest BCUT2D eigenvalue weighted by molar-refractivity contribution is -0.130. The number of hydrogen-bond donors (Lipinski definition) is 2. The average Bonchev–Trinajstić information content (AvgIpc) is 3.12. The fourth-order valence-corrected chi connectivity index (χ4v) is 2.78. The minimum Gasteiger partial charge on any atom is -0.381 e. The van der Waals surface area contributed by atoms with Gasteiger partial charge in [-0.25, -0.2) is 0 Å². The molecule has 1 aliphatic rings. The van der Waals surface area contributed by atoms with Crippen molar-refractivity contribution < 1.29 is 14.1 Å². The first kappa shape index (κ1) is 17.6. The van der Waals surface area contributed by atoms with Crippen molar-refractivity contribution in [3.8, 4) is 11.4 Å². The van der Waals surface area contributed by atoms with Gasteiger partial charge in [0.2, 0.25) is 17.6 Å². The van der Waals surface area contributed by atoms with E-state index in [1.54, 1.807) is 6.92 Å². The van der Waals surface area contributed by atoms with Crippen LogP contribution in [0.25, 0.3) is 11.4 Å². The first-order chi connectivity index (χ1) is 12.0. The number of nitrogens with two attached hydrogens (primary N) is 1. The summed E-state index contributed by atoms with van der Waals surface area (Å²) in [7, 11) is 0. The van der Waals surface area contributed by atoms with Crippen LogP contribution in [-0.4, -0.2) is 34.8 Å². The second kappa shape index (κ2) is 7.33. The van der Waals surface area contributed by atoms with Gasteiger partial charge in [0, 0.05) is 18.8 Å². The summed E-state index contributed by atoms with van der Waals surface area (Å²) in [4.78, 5) is 16.9. The van der Waals surface area contributed by atoms with Gasteiger partial charge in [0.25, 0.3) is 0 Å². The standard InChI is InChI=1S/C18H24N4O3/c1-3-13-4-6-14(7-5-13)15-21-16(25-22-15)12(2)20-17(23)18(19)8-10-24-11-9-18/h4-7,12H,3,8-11,19H2,1-2H3,(H,20,23). The van der Waals surface area contributed by atoms with Gasteiger partial charge in [-0.15, -0.1) is 0 Å². The molecule has 1 aromatic heterocycles. The monoisotopic (exact) mass is 344 g/mol. The molecule has 1 atom stereocenters. The van der Waals surface area contributed by atoms with Crippen LogP contribution in [0.2, 0.25) is 0 Å². The summed E-state index contributed by atoms with van der Waals surface area (Å²) in [5, 5.41) is 6.89. The van der Waals surface area contributed by atoms with E-state index in [0.717, 1.165) is 12.0 Å². The lowest BCUT2D eigenvalue weighted by Gasteiger charge is -2.32. The Morgan fingerprint density at radius 1 is 1.32 bits per heavy atom. The highest BCUT2D eigenvalue weighted by atomic mass is 16.5. The molecule has 0 saturated carbocycles. The number of nitrogens with one attached hydrogen (secondary N) is 1. The SMILES string of the molecule is CCc1ccc(-c2noc(C(C)NC(=O)C3(N)CCOCC3)n2)cc1. The lowest BCUT2D eigenvalue weighted by Crippen LogP contribution is -2.57. The molecule has 0 spiro atoms. The third-order valence-corrected chi connectivity index (χ3v) is 4.62. The number of aryl methyl sites for hydroxylation is 1. The molecule has 1 unspecified atom stereocenters. The van der Waals surface area contributed by atoms with Gasteiger partial charge in [-0.1, -0.05) is 36.3 Å². The Hall–Kier alpha value is -2.25. The van der Waals surface area contributed by atoms with Gasteiger partial charge in [-0.05, 0) is 31.7 Å². The summed E-state index contributed by atoms with van der Waals surface area (Å²) in [5.74, 6) is 0.654. The van der Waals surface area contributed by atoms with Crippen LogP contribution in [0.4, 0.5) is 0 Å². The van der Waals surface area contributed by atoms with E-state index in [4.69, 9.17) is 15.0 Å². The molecule has 1 saturated heterocycles. The second-order valence-corrected chi connectivity index (χ2v) is 6.47. The van der Waals surface area contributed by atoms with Crippen molar-refractivity contribution in [2.24, 2.45) is 5.73 Å². The first-order valence-corrected chi connectivity index (χ1v) is 8.62. The van der Waals surface area contributed by atoms with Crippen molar-refractivity contribution >= 4 is 5.91 Å². The van der Waals surface area contributed by atoms with Crippen LogP contribution >= 0.6 is 0 Å². The van der Waals surface area contributed by atoms with Gasteiger partial charge in [0.15, 0.2) is 0 Å². The zero-order valence-electron chi connectivity index (χ0n) is 14.6. The molecule has 0 radical (unpaired) electrons. The molecule has 25 heavy (non-hydrogen) atoms. The van der Waals surface area contributed by atoms with Crippen LogP contribution in [0.15, 0.2) is 28.8 Å². The van der Waals surface area contributed by atoms with Crippen molar-refractivity contribution in [3.63, 3.8) is 0 Å². The molecule has 7 heteroatoms. The molecule has 0 bridgehead atoms. The van der Waals surface area contributed by atoms with Crippen molar-refractivity contribution in [2.45, 2.75) is 44.7 Å². The minimum absolute atomic E-state index is 0.213.